The van der Waals surface area contributed by atoms with Crippen LogP contribution in [0.3, 0.4) is 0 Å². The number of halogens is 1. The minimum Gasteiger partial charge on any atom is -0.497 e. The number of thiocarbonyl (C=S) groups is 1. The predicted molar refractivity (Wildman–Crippen MR) is 168 cm³/mol. The summed E-state index contributed by atoms with van der Waals surface area (Å²) in [5, 5.41) is 12.7. The summed E-state index contributed by atoms with van der Waals surface area (Å²) in [5.41, 5.74) is 7.91. The average molecular weight is 563 g/mol. The van der Waals surface area contributed by atoms with E-state index >= 15 is 0 Å². The van der Waals surface area contributed by atoms with Gasteiger partial charge in [0.25, 0.3) is 0 Å². The molecule has 0 unspecified atom stereocenters. The number of benzene rings is 4. The third-order valence-electron chi connectivity index (χ3n) is 7.12. The lowest BCUT2D eigenvalue weighted by atomic mass is 9.89. The molecule has 0 fully saturated rings. The second kappa shape index (κ2) is 11.1. The number of ether oxygens (including phenoxy) is 1. The topological polar surface area (TPSA) is 49.8 Å². The molecular weight excluding hydrogens is 536 g/mol. The number of para-hydroxylation sites is 2. The number of nitrogens with one attached hydrogen (secondary N) is 1. The van der Waals surface area contributed by atoms with Gasteiger partial charge in [0, 0.05) is 39.3 Å². The van der Waals surface area contributed by atoms with Crippen LogP contribution in [0.1, 0.15) is 29.3 Å². The van der Waals surface area contributed by atoms with E-state index in [1.165, 1.54) is 0 Å². The molecule has 1 aromatic heterocycles. The second-order valence-corrected chi connectivity index (χ2v) is 10.5. The molecule has 1 aliphatic rings. The van der Waals surface area contributed by atoms with Gasteiger partial charge in [-0.2, -0.15) is 5.10 Å². The highest BCUT2D eigenvalue weighted by atomic mass is 35.5. The van der Waals surface area contributed by atoms with Gasteiger partial charge in [0.05, 0.1) is 24.4 Å². The van der Waals surface area contributed by atoms with E-state index in [1.54, 1.807) is 7.11 Å². The molecule has 4 aromatic carbocycles. The van der Waals surface area contributed by atoms with Gasteiger partial charge < -0.3 is 10.1 Å². The standard InChI is InChI=1S/C33H27ClN4OS/c1-21-31(32(22-15-17-24(34)18-16-22)27-13-6-7-14-28(27)35-21)29-20-30(23-9-8-12-26(19-23)39-2)38(37-29)33(40)36-25-10-4-3-5-11-25/h3-19,30H,20H2,1-2H3,(H,36,40)/t30-/m1/s1. The molecule has 0 radical (unpaired) electrons. The van der Waals surface area contributed by atoms with E-state index in [-0.39, 0.29) is 6.04 Å². The summed E-state index contributed by atoms with van der Waals surface area (Å²) in [6.45, 7) is 2.05. The van der Waals surface area contributed by atoms with Gasteiger partial charge in [-0.15, -0.1) is 0 Å². The normalized spacial score (nSPS) is 14.7. The number of aryl methyl sites for hydroxylation is 1. The average Bonchev–Trinajstić information content (AvgIpc) is 3.43. The first kappa shape index (κ1) is 26.0. The first-order valence-corrected chi connectivity index (χ1v) is 13.8. The smallest absolute Gasteiger partial charge is 0.194 e. The quantitative estimate of drug-likeness (QED) is 0.218. The number of hydrazone groups is 1. The number of aromatic nitrogens is 1. The third-order valence-corrected chi connectivity index (χ3v) is 7.66. The Morgan fingerprint density at radius 2 is 1.68 bits per heavy atom. The molecular formula is C33H27ClN4OS. The summed E-state index contributed by atoms with van der Waals surface area (Å²) >= 11 is 12.2. The van der Waals surface area contributed by atoms with Crippen molar-refractivity contribution in [3.8, 4) is 16.9 Å². The molecule has 40 heavy (non-hydrogen) atoms. The Labute approximate surface area is 244 Å². The van der Waals surface area contributed by atoms with Gasteiger partial charge in [-0.25, -0.2) is 5.01 Å². The number of rotatable bonds is 5. The molecule has 1 N–H and O–H groups in total. The first-order chi connectivity index (χ1) is 19.5. The molecule has 2 heterocycles. The molecule has 6 rings (SSSR count). The zero-order chi connectivity index (χ0) is 27.6. The Morgan fingerprint density at radius 1 is 0.925 bits per heavy atom. The van der Waals surface area contributed by atoms with Crippen molar-refractivity contribution in [2.45, 2.75) is 19.4 Å². The number of pyridine rings is 1. The minimum atomic E-state index is -0.127. The number of anilines is 1. The molecule has 1 atom stereocenters. The number of nitrogens with zero attached hydrogens (tertiary/aromatic N) is 3. The van der Waals surface area contributed by atoms with Crippen LogP contribution in [-0.2, 0) is 0 Å². The lowest BCUT2D eigenvalue weighted by molar-refractivity contribution is 0.371. The van der Waals surface area contributed by atoms with Gasteiger partial charge in [0.2, 0.25) is 0 Å². The van der Waals surface area contributed by atoms with Gasteiger partial charge in [-0.05, 0) is 72.7 Å². The van der Waals surface area contributed by atoms with Crippen molar-refractivity contribution in [3.05, 3.63) is 125 Å². The molecule has 7 heteroatoms. The Balaban J connectivity index is 1.51. The van der Waals surface area contributed by atoms with Crippen molar-refractivity contribution in [2.24, 2.45) is 5.10 Å². The van der Waals surface area contributed by atoms with Crippen LogP contribution in [0.5, 0.6) is 5.75 Å². The van der Waals surface area contributed by atoms with Crippen molar-refractivity contribution >= 4 is 51.2 Å². The Kier molecular flexibility index (Phi) is 7.20. The highest BCUT2D eigenvalue weighted by Crippen LogP contribution is 2.40. The summed E-state index contributed by atoms with van der Waals surface area (Å²) < 4.78 is 5.55. The van der Waals surface area contributed by atoms with E-state index in [0.29, 0.717) is 16.6 Å². The van der Waals surface area contributed by atoms with E-state index in [1.807, 2.05) is 90.8 Å². The van der Waals surface area contributed by atoms with Crippen molar-refractivity contribution in [1.82, 2.24) is 9.99 Å². The molecule has 0 aliphatic carbocycles. The molecule has 5 nitrogen and oxygen atoms in total. The van der Waals surface area contributed by atoms with E-state index < -0.39 is 0 Å². The third kappa shape index (κ3) is 5.04. The highest BCUT2D eigenvalue weighted by molar-refractivity contribution is 7.80. The maximum atomic E-state index is 6.27. The van der Waals surface area contributed by atoms with E-state index in [4.69, 9.17) is 38.6 Å². The Bertz CT molecular complexity index is 1740. The van der Waals surface area contributed by atoms with Gasteiger partial charge in [0.1, 0.15) is 5.75 Å². The summed E-state index contributed by atoms with van der Waals surface area (Å²) in [6.07, 6.45) is 0.644. The maximum absolute atomic E-state index is 6.27. The fraction of sp³-hybridized carbons (Fsp3) is 0.121. The Morgan fingerprint density at radius 3 is 2.45 bits per heavy atom. The monoisotopic (exact) mass is 562 g/mol. The van der Waals surface area contributed by atoms with Crippen LogP contribution in [0.2, 0.25) is 5.02 Å². The van der Waals surface area contributed by atoms with Gasteiger partial charge >= 0.3 is 0 Å². The second-order valence-electron chi connectivity index (χ2n) is 9.66. The SMILES string of the molecule is COc1cccc([C@H]2CC(c3c(C)nc4ccccc4c3-c3ccc(Cl)cc3)=NN2C(=S)Nc2ccccc2)c1. The fourth-order valence-electron chi connectivity index (χ4n) is 5.26. The van der Waals surface area contributed by atoms with Crippen LogP contribution in [0.4, 0.5) is 5.69 Å². The number of fused-ring (bicyclic) bond motifs is 1. The predicted octanol–water partition coefficient (Wildman–Crippen LogP) is 8.42. The zero-order valence-electron chi connectivity index (χ0n) is 22.1. The lowest BCUT2D eigenvalue weighted by Crippen LogP contribution is -2.31. The summed E-state index contributed by atoms with van der Waals surface area (Å²) in [4.78, 5) is 4.99. The fourth-order valence-corrected chi connectivity index (χ4v) is 5.68. The van der Waals surface area contributed by atoms with Crippen LogP contribution >= 0.6 is 23.8 Å². The van der Waals surface area contributed by atoms with Crippen molar-refractivity contribution in [1.29, 1.82) is 0 Å². The van der Waals surface area contributed by atoms with Gasteiger partial charge in [0.15, 0.2) is 5.11 Å². The van der Waals surface area contributed by atoms with E-state index in [0.717, 1.165) is 56.0 Å². The van der Waals surface area contributed by atoms with Gasteiger partial charge in [-0.3, -0.25) is 4.98 Å². The maximum Gasteiger partial charge on any atom is 0.194 e. The molecule has 0 amide bonds. The summed E-state index contributed by atoms with van der Waals surface area (Å²) in [5.74, 6) is 0.790. The zero-order valence-corrected chi connectivity index (χ0v) is 23.7. The van der Waals surface area contributed by atoms with E-state index in [2.05, 4.69) is 29.6 Å². The number of hydrogen-bond acceptors (Lipinski definition) is 4. The molecule has 198 valence electrons. The van der Waals surface area contributed by atoms with Crippen LogP contribution in [0.15, 0.2) is 108 Å². The number of methoxy groups -OCH3 is 1. The molecule has 0 saturated carbocycles. The van der Waals surface area contributed by atoms with E-state index in [9.17, 15) is 0 Å². The first-order valence-electron chi connectivity index (χ1n) is 13.0. The number of hydrogen-bond donors (Lipinski definition) is 1. The largest absolute Gasteiger partial charge is 0.497 e. The van der Waals surface area contributed by atoms with Crippen molar-refractivity contribution < 1.29 is 4.74 Å². The molecule has 5 aromatic rings. The molecule has 1 aliphatic heterocycles. The minimum absolute atomic E-state index is 0.127. The van der Waals surface area contributed by atoms with Gasteiger partial charge in [-0.1, -0.05) is 72.3 Å². The molecule has 0 bridgehead atoms. The lowest BCUT2D eigenvalue weighted by Gasteiger charge is -2.25. The van der Waals surface area contributed by atoms with Crippen LogP contribution in [0.25, 0.3) is 22.0 Å². The van der Waals surface area contributed by atoms with Crippen LogP contribution in [-0.4, -0.2) is 27.9 Å². The molecule has 0 saturated heterocycles. The van der Waals surface area contributed by atoms with Crippen molar-refractivity contribution in [3.63, 3.8) is 0 Å². The van der Waals surface area contributed by atoms with Crippen molar-refractivity contribution in [2.75, 3.05) is 12.4 Å². The highest BCUT2D eigenvalue weighted by Gasteiger charge is 2.34. The summed E-state index contributed by atoms with van der Waals surface area (Å²) in [6, 6.07) is 34.1. The molecule has 0 spiro atoms. The van der Waals surface area contributed by atoms with Crippen LogP contribution < -0.4 is 10.1 Å². The van der Waals surface area contributed by atoms with Crippen LogP contribution in [0, 0.1) is 6.92 Å². The Hall–Kier alpha value is -4.26. The summed E-state index contributed by atoms with van der Waals surface area (Å²) in [7, 11) is 1.68.